The van der Waals surface area contributed by atoms with Crippen LogP contribution < -0.4 is 0 Å². The van der Waals surface area contributed by atoms with Crippen molar-refractivity contribution in [3.8, 4) is 5.69 Å². The van der Waals surface area contributed by atoms with Crippen LogP contribution in [0, 0.1) is 0 Å². The summed E-state index contributed by atoms with van der Waals surface area (Å²) >= 11 is 0. The van der Waals surface area contributed by atoms with Crippen molar-refractivity contribution in [3.63, 3.8) is 0 Å². The molecule has 1 aromatic carbocycles. The first kappa shape index (κ1) is 10.9. The van der Waals surface area contributed by atoms with Gasteiger partial charge in [-0.25, -0.2) is 9.59 Å². The second-order valence-corrected chi connectivity index (χ2v) is 3.44. The predicted octanol–water partition coefficient (Wildman–Crippen LogP) is 1.87. The first-order valence-corrected chi connectivity index (χ1v) is 4.83. The van der Waals surface area contributed by atoms with Crippen molar-refractivity contribution in [1.29, 1.82) is 0 Å². The van der Waals surface area contributed by atoms with Gasteiger partial charge in [0.15, 0.2) is 0 Å². The van der Waals surface area contributed by atoms with E-state index >= 15 is 0 Å². The smallest absolute Gasteiger partial charge is 0.338 e. The highest BCUT2D eigenvalue weighted by Gasteiger charge is 2.19. The van der Waals surface area contributed by atoms with Crippen molar-refractivity contribution in [1.82, 2.24) is 4.57 Å². The van der Waals surface area contributed by atoms with Crippen molar-refractivity contribution in [2.75, 3.05) is 0 Å². The number of hydrogen-bond acceptors (Lipinski definition) is 2. The first-order chi connectivity index (χ1) is 8.09. The number of aromatic nitrogens is 1. The normalized spacial score (nSPS) is 10.1. The molecule has 1 aromatic heterocycles. The molecule has 0 unspecified atom stereocenters. The molecular weight excluding hydrogens is 222 g/mol. The molecule has 0 aliphatic carbocycles. The summed E-state index contributed by atoms with van der Waals surface area (Å²) in [6.45, 7) is 0. The molecule has 86 valence electrons. The third kappa shape index (κ3) is 2.03. The quantitative estimate of drug-likeness (QED) is 0.845. The third-order valence-corrected chi connectivity index (χ3v) is 2.34. The summed E-state index contributed by atoms with van der Waals surface area (Å²) in [5.74, 6) is -2.51. The Morgan fingerprint density at radius 3 is 1.76 bits per heavy atom. The number of nitrogens with zero attached hydrogens (tertiary/aromatic N) is 1. The summed E-state index contributed by atoms with van der Waals surface area (Å²) < 4.78 is 1.48. The van der Waals surface area contributed by atoms with Gasteiger partial charge in [-0.1, -0.05) is 18.2 Å². The van der Waals surface area contributed by atoms with Gasteiger partial charge >= 0.3 is 11.9 Å². The molecule has 0 spiro atoms. The number of carbonyl (C=O) groups is 2. The van der Waals surface area contributed by atoms with E-state index in [9.17, 15) is 9.59 Å². The maximum atomic E-state index is 10.9. The van der Waals surface area contributed by atoms with E-state index in [1.54, 1.807) is 24.3 Å². The first-order valence-electron chi connectivity index (χ1n) is 4.83. The van der Waals surface area contributed by atoms with E-state index < -0.39 is 11.9 Å². The summed E-state index contributed by atoms with van der Waals surface area (Å²) in [6, 6.07) is 8.92. The van der Waals surface area contributed by atoms with E-state index in [0.717, 1.165) is 0 Å². The standard InChI is InChI=1S/C12H9NO4/c14-11(15)9-6-13(7-10(9)12(16)17)8-4-2-1-3-5-8/h1-7H,(H,14,15)(H,16,17). The molecule has 0 bridgehead atoms. The Morgan fingerprint density at radius 1 is 0.882 bits per heavy atom. The molecule has 2 aromatic rings. The SMILES string of the molecule is O=C(O)c1cn(-c2ccccc2)cc1C(=O)O. The number of aromatic carboxylic acids is 2. The van der Waals surface area contributed by atoms with Crippen LogP contribution in [-0.4, -0.2) is 26.7 Å². The van der Waals surface area contributed by atoms with Crippen molar-refractivity contribution in [3.05, 3.63) is 53.9 Å². The zero-order valence-corrected chi connectivity index (χ0v) is 8.70. The molecule has 0 aliphatic rings. The van der Waals surface area contributed by atoms with Gasteiger partial charge in [-0.05, 0) is 12.1 Å². The average molecular weight is 231 g/mol. The Kier molecular flexibility index (Phi) is 2.66. The van der Waals surface area contributed by atoms with Crippen LogP contribution >= 0.6 is 0 Å². The van der Waals surface area contributed by atoms with Gasteiger partial charge in [-0.3, -0.25) is 0 Å². The van der Waals surface area contributed by atoms with Crippen LogP contribution in [0.2, 0.25) is 0 Å². The van der Waals surface area contributed by atoms with Crippen LogP contribution in [0.3, 0.4) is 0 Å². The third-order valence-electron chi connectivity index (χ3n) is 2.34. The predicted molar refractivity (Wildman–Crippen MR) is 59.7 cm³/mol. The van der Waals surface area contributed by atoms with Crippen LogP contribution in [0.5, 0.6) is 0 Å². The van der Waals surface area contributed by atoms with Crippen molar-refractivity contribution < 1.29 is 19.8 Å². The highest BCUT2D eigenvalue weighted by molar-refractivity contribution is 6.01. The van der Waals surface area contributed by atoms with E-state index in [4.69, 9.17) is 10.2 Å². The molecule has 0 saturated carbocycles. The lowest BCUT2D eigenvalue weighted by Gasteiger charge is -2.00. The summed E-state index contributed by atoms with van der Waals surface area (Å²) in [7, 11) is 0. The van der Waals surface area contributed by atoms with E-state index in [2.05, 4.69) is 0 Å². The number of carboxylic acids is 2. The van der Waals surface area contributed by atoms with Gasteiger partial charge in [0, 0.05) is 18.1 Å². The number of para-hydroxylation sites is 1. The highest BCUT2D eigenvalue weighted by atomic mass is 16.4. The number of rotatable bonds is 3. The Morgan fingerprint density at radius 2 is 1.35 bits per heavy atom. The van der Waals surface area contributed by atoms with Crippen LogP contribution in [0.4, 0.5) is 0 Å². The number of hydrogen-bond donors (Lipinski definition) is 2. The molecular formula is C12H9NO4. The Labute approximate surface area is 96.5 Å². The fraction of sp³-hybridized carbons (Fsp3) is 0. The fourth-order valence-corrected chi connectivity index (χ4v) is 1.54. The van der Waals surface area contributed by atoms with Gasteiger partial charge in [0.1, 0.15) is 0 Å². The topological polar surface area (TPSA) is 79.5 Å². The van der Waals surface area contributed by atoms with Gasteiger partial charge in [-0.2, -0.15) is 0 Å². The Bertz CT molecular complexity index is 540. The summed E-state index contributed by atoms with van der Waals surface area (Å²) in [5.41, 5.74) is 0.269. The van der Waals surface area contributed by atoms with Gasteiger partial charge in [0.2, 0.25) is 0 Å². The van der Waals surface area contributed by atoms with Crippen LogP contribution in [0.25, 0.3) is 5.69 Å². The van der Waals surface area contributed by atoms with E-state index in [-0.39, 0.29) is 11.1 Å². The largest absolute Gasteiger partial charge is 0.478 e. The zero-order valence-electron chi connectivity index (χ0n) is 8.70. The van der Waals surface area contributed by atoms with Gasteiger partial charge < -0.3 is 14.8 Å². The van der Waals surface area contributed by atoms with E-state index in [1.165, 1.54) is 17.0 Å². The molecule has 0 amide bonds. The molecule has 5 nitrogen and oxygen atoms in total. The molecule has 2 N–H and O–H groups in total. The van der Waals surface area contributed by atoms with Crippen molar-refractivity contribution in [2.24, 2.45) is 0 Å². The van der Waals surface area contributed by atoms with Crippen molar-refractivity contribution >= 4 is 11.9 Å². The van der Waals surface area contributed by atoms with E-state index in [1.807, 2.05) is 6.07 Å². The highest BCUT2D eigenvalue weighted by Crippen LogP contribution is 2.16. The average Bonchev–Trinajstić information content (AvgIpc) is 2.75. The monoisotopic (exact) mass is 231 g/mol. The van der Waals surface area contributed by atoms with Crippen molar-refractivity contribution in [2.45, 2.75) is 0 Å². The second kappa shape index (κ2) is 4.13. The van der Waals surface area contributed by atoms with Crippen LogP contribution in [0.15, 0.2) is 42.7 Å². The number of carboxylic acid groups (broad SMARTS) is 2. The molecule has 0 fully saturated rings. The second-order valence-electron chi connectivity index (χ2n) is 3.44. The summed E-state index contributed by atoms with van der Waals surface area (Å²) in [6.07, 6.45) is 2.59. The van der Waals surface area contributed by atoms with Gasteiger partial charge in [0.25, 0.3) is 0 Å². The zero-order chi connectivity index (χ0) is 12.4. The minimum absolute atomic E-state index is 0.221. The molecule has 0 saturated heterocycles. The maximum absolute atomic E-state index is 10.9. The lowest BCUT2D eigenvalue weighted by molar-refractivity contribution is 0.0653. The van der Waals surface area contributed by atoms with Gasteiger partial charge in [-0.15, -0.1) is 0 Å². The van der Waals surface area contributed by atoms with E-state index in [0.29, 0.717) is 5.69 Å². The minimum atomic E-state index is -1.25. The Hall–Kier alpha value is -2.56. The fourth-order valence-electron chi connectivity index (χ4n) is 1.54. The number of benzene rings is 1. The molecule has 0 radical (unpaired) electrons. The molecule has 0 aliphatic heterocycles. The lowest BCUT2D eigenvalue weighted by Crippen LogP contribution is -2.03. The van der Waals surface area contributed by atoms with Crippen LogP contribution in [-0.2, 0) is 0 Å². The minimum Gasteiger partial charge on any atom is -0.478 e. The molecule has 5 heteroatoms. The maximum Gasteiger partial charge on any atom is 0.338 e. The van der Waals surface area contributed by atoms with Gasteiger partial charge in [0.05, 0.1) is 11.1 Å². The summed E-state index contributed by atoms with van der Waals surface area (Å²) in [5, 5.41) is 17.8. The summed E-state index contributed by atoms with van der Waals surface area (Å²) in [4.78, 5) is 21.8. The molecule has 0 atom stereocenters. The molecule has 1 heterocycles. The molecule has 2 rings (SSSR count). The molecule has 17 heavy (non-hydrogen) atoms. The lowest BCUT2D eigenvalue weighted by atomic mass is 10.2. The Balaban J connectivity index is 2.55. The van der Waals surface area contributed by atoms with Crippen LogP contribution in [0.1, 0.15) is 20.7 Å².